The Balaban J connectivity index is 1.56. The standard InChI is InChI=1S/C32H36ClF3N4O5/c1-39(2)23-15-40(16-24(23)41)28(43)20-10-5-9-19(26-17-7-3-4-12-22(17)37-38-26)31(20,29(44)45)27(42)25-18(8-6-11-21(25)33)30(13-14-30)32(34,35)36/h5-6,8-9,11,19-20,23-24,41H,3-4,7,10,12-16H2,1-2H3,(H,37,38)(H,44,45)/t19?,20?,23-,24-,31-/m0/s1. The van der Waals surface area contributed by atoms with Crippen LogP contribution in [0.2, 0.25) is 5.02 Å². The molecule has 2 aromatic rings. The van der Waals surface area contributed by atoms with Gasteiger partial charge in [0.05, 0.1) is 34.2 Å². The molecule has 1 aliphatic heterocycles. The fourth-order valence-corrected chi connectivity index (χ4v) is 8.08. The van der Waals surface area contributed by atoms with Gasteiger partial charge in [-0.1, -0.05) is 35.9 Å². The van der Waals surface area contributed by atoms with Gasteiger partial charge in [0.2, 0.25) is 5.91 Å². The van der Waals surface area contributed by atoms with E-state index in [9.17, 15) is 33.0 Å². The van der Waals surface area contributed by atoms with Gasteiger partial charge in [-0.2, -0.15) is 18.3 Å². The average molecular weight is 649 g/mol. The van der Waals surface area contributed by atoms with Gasteiger partial charge in [0.25, 0.3) is 0 Å². The van der Waals surface area contributed by atoms with Crippen molar-refractivity contribution in [2.75, 3.05) is 27.2 Å². The van der Waals surface area contributed by atoms with Gasteiger partial charge in [0.1, 0.15) is 0 Å². The summed E-state index contributed by atoms with van der Waals surface area (Å²) >= 11 is 6.55. The summed E-state index contributed by atoms with van der Waals surface area (Å²) in [6, 6.07) is 3.37. The number of aliphatic hydroxyl groups is 1. The molecule has 4 aliphatic rings. The largest absolute Gasteiger partial charge is 0.480 e. The van der Waals surface area contributed by atoms with Crippen LogP contribution in [0.3, 0.4) is 0 Å². The van der Waals surface area contributed by atoms with E-state index < -0.39 is 64.2 Å². The molecule has 3 N–H and O–H groups in total. The zero-order valence-corrected chi connectivity index (χ0v) is 25.8. The fraction of sp³-hybridized carbons (Fsp3) is 0.562. The molecule has 1 saturated heterocycles. The van der Waals surface area contributed by atoms with E-state index in [0.717, 1.165) is 24.1 Å². The molecule has 1 aromatic heterocycles. The van der Waals surface area contributed by atoms with Crippen LogP contribution in [-0.4, -0.2) is 93.4 Å². The normalized spacial score (nSPS) is 29.1. The number of carboxylic acids is 1. The van der Waals surface area contributed by atoms with Gasteiger partial charge in [0.15, 0.2) is 11.2 Å². The number of likely N-dealkylation sites (tertiary alicyclic amines) is 1. The summed E-state index contributed by atoms with van der Waals surface area (Å²) in [6.07, 6.45) is -0.158. The number of hydrogen-bond donors (Lipinski definition) is 3. The number of H-pyrrole nitrogens is 1. The summed E-state index contributed by atoms with van der Waals surface area (Å²) in [5.74, 6) is -6.23. The van der Waals surface area contributed by atoms with Crippen LogP contribution in [0.1, 0.15) is 70.9 Å². The zero-order chi connectivity index (χ0) is 32.5. The molecule has 1 amide bonds. The molecule has 0 spiro atoms. The van der Waals surface area contributed by atoms with Crippen molar-refractivity contribution in [1.29, 1.82) is 0 Å². The van der Waals surface area contributed by atoms with Crippen molar-refractivity contribution in [2.24, 2.45) is 11.3 Å². The lowest BCUT2D eigenvalue weighted by atomic mass is 9.56. The van der Waals surface area contributed by atoms with Crippen LogP contribution in [0.4, 0.5) is 13.2 Å². The summed E-state index contributed by atoms with van der Waals surface area (Å²) in [4.78, 5) is 46.5. The van der Waals surface area contributed by atoms with E-state index in [0.29, 0.717) is 18.5 Å². The third-order valence-electron chi connectivity index (χ3n) is 10.4. The Morgan fingerprint density at radius 1 is 1.13 bits per heavy atom. The quantitative estimate of drug-likeness (QED) is 0.232. The number of Topliss-reactive ketones (excluding diaryl/α,β-unsaturated/α-hetero) is 1. The number of allylic oxidation sites excluding steroid dienone is 2. The number of carbonyl (C=O) groups is 3. The number of carboxylic acid groups (broad SMARTS) is 1. The summed E-state index contributed by atoms with van der Waals surface area (Å²) in [7, 11) is 3.50. The van der Waals surface area contributed by atoms with Gasteiger partial charge in [-0.15, -0.1) is 0 Å². The smallest absolute Gasteiger partial charge is 0.398 e. The van der Waals surface area contributed by atoms with E-state index in [1.807, 2.05) is 0 Å². The molecule has 9 nitrogen and oxygen atoms in total. The van der Waals surface area contributed by atoms with Crippen molar-refractivity contribution < 1.29 is 37.8 Å². The van der Waals surface area contributed by atoms with Gasteiger partial charge < -0.3 is 20.0 Å². The number of aryl methyl sites for hydroxylation is 1. The summed E-state index contributed by atoms with van der Waals surface area (Å²) < 4.78 is 43.5. The SMILES string of the molecule is CN(C)[C@H]1CN(C(=O)C2CC=CC(c3n[nH]c4c3CCCC4)[C@@]2(C(=O)O)C(=O)c2c(Cl)cccc2C2(C(F)(F)F)CC2)C[C@@H]1O. The van der Waals surface area contributed by atoms with E-state index in [1.54, 1.807) is 31.1 Å². The number of rotatable bonds is 7. The Bertz CT molecular complexity index is 1570. The molecule has 2 heterocycles. The van der Waals surface area contributed by atoms with Gasteiger partial charge in [0, 0.05) is 30.3 Å². The summed E-state index contributed by atoms with van der Waals surface area (Å²) in [6.45, 7) is 0.0108. The van der Waals surface area contributed by atoms with E-state index in [4.69, 9.17) is 11.6 Å². The maximum Gasteiger partial charge on any atom is 0.398 e. The zero-order valence-electron chi connectivity index (χ0n) is 25.0. The number of aromatic nitrogens is 2. The van der Waals surface area contributed by atoms with Crippen molar-refractivity contribution in [3.8, 4) is 0 Å². The van der Waals surface area contributed by atoms with Crippen LogP contribution in [0.25, 0.3) is 0 Å². The van der Waals surface area contributed by atoms with Crippen molar-refractivity contribution >= 4 is 29.3 Å². The lowest BCUT2D eigenvalue weighted by molar-refractivity contribution is -0.160. The molecular formula is C32H36ClF3N4O5. The topological polar surface area (TPSA) is 127 Å². The number of aliphatic hydroxyl groups excluding tert-OH is 1. The first-order chi connectivity index (χ1) is 21.3. The first-order valence-corrected chi connectivity index (χ1v) is 15.6. The summed E-state index contributed by atoms with van der Waals surface area (Å²) in [5.41, 5.74) is -3.94. The maximum absolute atomic E-state index is 15.1. The van der Waals surface area contributed by atoms with Crippen LogP contribution in [0, 0.1) is 11.3 Å². The summed E-state index contributed by atoms with van der Waals surface area (Å²) in [5, 5.41) is 29.1. The second kappa shape index (κ2) is 11.2. The third kappa shape index (κ3) is 4.82. The highest BCUT2D eigenvalue weighted by Crippen LogP contribution is 2.61. The number of nitrogens with zero attached hydrogens (tertiary/aromatic N) is 3. The minimum Gasteiger partial charge on any atom is -0.480 e. The van der Waals surface area contributed by atoms with E-state index in [2.05, 4.69) is 10.2 Å². The molecule has 6 rings (SSSR count). The lowest BCUT2D eigenvalue weighted by Gasteiger charge is -2.43. The number of amides is 1. The lowest BCUT2D eigenvalue weighted by Crippen LogP contribution is -2.57. The number of likely N-dealkylation sites (N-methyl/N-ethyl adjacent to an activating group) is 1. The number of benzene rings is 1. The van der Waals surface area contributed by atoms with E-state index >= 15 is 4.79 Å². The number of halogens is 4. The minimum atomic E-state index is -4.71. The van der Waals surface area contributed by atoms with Gasteiger partial charge in [-0.3, -0.25) is 19.5 Å². The highest BCUT2D eigenvalue weighted by Gasteiger charge is 2.68. The van der Waals surface area contributed by atoms with Crippen LogP contribution in [0.15, 0.2) is 30.4 Å². The molecule has 0 bridgehead atoms. The minimum absolute atomic E-state index is 0.0806. The second-order valence-electron chi connectivity index (χ2n) is 13.1. The molecule has 5 atom stereocenters. The number of aliphatic carboxylic acids is 1. The average Bonchev–Trinajstić information content (AvgIpc) is 3.57. The van der Waals surface area contributed by atoms with Gasteiger partial charge in [-0.05, 0) is 76.2 Å². The Morgan fingerprint density at radius 2 is 1.84 bits per heavy atom. The van der Waals surface area contributed by atoms with Crippen LogP contribution >= 0.6 is 11.6 Å². The molecule has 2 unspecified atom stereocenters. The fourth-order valence-electron chi connectivity index (χ4n) is 7.82. The molecule has 242 valence electrons. The third-order valence-corrected chi connectivity index (χ3v) is 10.7. The number of hydrogen-bond acceptors (Lipinski definition) is 6. The number of aromatic amines is 1. The molecule has 1 aromatic carbocycles. The van der Waals surface area contributed by atoms with Crippen molar-refractivity contribution in [2.45, 2.75) is 74.6 Å². The van der Waals surface area contributed by atoms with E-state index in [-0.39, 0.29) is 42.9 Å². The van der Waals surface area contributed by atoms with Gasteiger partial charge in [-0.25, -0.2) is 0 Å². The monoisotopic (exact) mass is 648 g/mol. The van der Waals surface area contributed by atoms with Gasteiger partial charge >= 0.3 is 12.1 Å². The van der Waals surface area contributed by atoms with Crippen LogP contribution in [0.5, 0.6) is 0 Å². The molecular weight excluding hydrogens is 613 g/mol. The number of β-amino-alcohol motifs (C(OH)–C–C–N with tert-alkyl or cyclic N) is 1. The molecule has 13 heteroatoms. The number of alkyl halides is 3. The number of carbonyl (C=O) groups excluding carboxylic acids is 2. The Kier molecular flexibility index (Phi) is 7.93. The molecule has 1 saturated carbocycles. The van der Waals surface area contributed by atoms with Crippen LogP contribution in [-0.2, 0) is 27.8 Å². The highest BCUT2D eigenvalue weighted by molar-refractivity contribution is 6.35. The number of fused-ring (bicyclic) bond motifs is 1. The predicted octanol–water partition coefficient (Wildman–Crippen LogP) is 4.28. The number of ketones is 1. The Morgan fingerprint density at radius 3 is 2.47 bits per heavy atom. The molecule has 2 fully saturated rings. The highest BCUT2D eigenvalue weighted by atomic mass is 35.5. The molecule has 0 radical (unpaired) electrons. The van der Waals surface area contributed by atoms with Crippen molar-refractivity contribution in [3.05, 3.63) is 63.5 Å². The first-order valence-electron chi connectivity index (χ1n) is 15.3. The Hall–Kier alpha value is -3.22. The molecule has 45 heavy (non-hydrogen) atoms. The maximum atomic E-state index is 15.1. The molecule has 3 aliphatic carbocycles. The van der Waals surface area contributed by atoms with E-state index in [1.165, 1.54) is 23.1 Å². The first kappa shape index (κ1) is 31.7. The number of nitrogens with one attached hydrogen (secondary N) is 1. The van der Waals surface area contributed by atoms with Crippen molar-refractivity contribution in [1.82, 2.24) is 20.0 Å². The van der Waals surface area contributed by atoms with Crippen LogP contribution < -0.4 is 0 Å². The Labute approximate surface area is 263 Å². The predicted molar refractivity (Wildman–Crippen MR) is 158 cm³/mol. The van der Waals surface area contributed by atoms with Crippen molar-refractivity contribution in [3.63, 3.8) is 0 Å². The second-order valence-corrected chi connectivity index (χ2v) is 13.5.